The Kier molecular flexibility index (Phi) is 8.56. The first-order chi connectivity index (χ1) is 7.81. The number of rotatable bonds is 3. The molecule has 0 unspecified atom stereocenters. The molecule has 0 atom stereocenters. The molecule has 1 aromatic rings. The normalized spacial score (nSPS) is 10.6. The van der Waals surface area contributed by atoms with Crippen molar-refractivity contribution in [1.29, 1.82) is 0 Å². The SMILES string of the molecule is CC.CCc1ccc(/C(=N/N)SCN)nc1. The molecule has 0 saturated carbocycles. The van der Waals surface area contributed by atoms with Gasteiger partial charge in [-0.2, -0.15) is 5.10 Å². The number of pyridine rings is 1. The fourth-order valence-corrected chi connectivity index (χ4v) is 1.52. The molecule has 1 heterocycles. The van der Waals surface area contributed by atoms with Crippen molar-refractivity contribution in [3.63, 3.8) is 0 Å². The summed E-state index contributed by atoms with van der Waals surface area (Å²) in [5, 5.41) is 4.32. The van der Waals surface area contributed by atoms with Crippen molar-refractivity contribution in [3.05, 3.63) is 29.6 Å². The molecule has 0 bridgehead atoms. The van der Waals surface area contributed by atoms with Crippen LogP contribution in [-0.2, 0) is 6.42 Å². The van der Waals surface area contributed by atoms with Gasteiger partial charge >= 0.3 is 0 Å². The number of hydrazone groups is 1. The highest BCUT2D eigenvalue weighted by molar-refractivity contribution is 8.14. The van der Waals surface area contributed by atoms with Gasteiger partial charge < -0.3 is 11.6 Å². The number of hydrogen-bond acceptors (Lipinski definition) is 5. The summed E-state index contributed by atoms with van der Waals surface area (Å²) in [6.45, 7) is 6.09. The second-order valence-electron chi connectivity index (χ2n) is 2.65. The van der Waals surface area contributed by atoms with Gasteiger partial charge in [-0.25, -0.2) is 0 Å². The lowest BCUT2D eigenvalue weighted by Crippen LogP contribution is -2.06. The van der Waals surface area contributed by atoms with Crippen molar-refractivity contribution in [3.8, 4) is 0 Å². The molecule has 0 aliphatic carbocycles. The molecule has 0 saturated heterocycles. The van der Waals surface area contributed by atoms with Gasteiger partial charge in [-0.1, -0.05) is 38.6 Å². The molecule has 4 nitrogen and oxygen atoms in total. The van der Waals surface area contributed by atoms with E-state index in [4.69, 9.17) is 11.6 Å². The van der Waals surface area contributed by atoms with Crippen LogP contribution >= 0.6 is 11.8 Å². The van der Waals surface area contributed by atoms with Crippen molar-refractivity contribution in [1.82, 2.24) is 4.98 Å². The van der Waals surface area contributed by atoms with Gasteiger partial charge in [0.05, 0.1) is 5.69 Å². The van der Waals surface area contributed by atoms with Crippen LogP contribution in [0.5, 0.6) is 0 Å². The van der Waals surface area contributed by atoms with E-state index in [1.807, 2.05) is 32.2 Å². The lowest BCUT2D eigenvalue weighted by molar-refractivity contribution is 1.10. The zero-order valence-corrected chi connectivity index (χ0v) is 10.9. The maximum Gasteiger partial charge on any atom is 0.143 e. The molecule has 0 aromatic carbocycles. The molecule has 0 aliphatic rings. The van der Waals surface area contributed by atoms with Crippen LogP contribution < -0.4 is 11.6 Å². The molecule has 0 radical (unpaired) electrons. The summed E-state index contributed by atoms with van der Waals surface area (Å²) in [6, 6.07) is 3.93. The van der Waals surface area contributed by atoms with Crippen LogP contribution in [-0.4, -0.2) is 15.9 Å². The van der Waals surface area contributed by atoms with E-state index in [1.165, 1.54) is 17.3 Å². The van der Waals surface area contributed by atoms with Crippen molar-refractivity contribution >= 4 is 16.8 Å². The number of aryl methyl sites for hydroxylation is 1. The smallest absolute Gasteiger partial charge is 0.143 e. The van der Waals surface area contributed by atoms with E-state index in [-0.39, 0.29) is 0 Å². The zero-order chi connectivity index (χ0) is 12.4. The quantitative estimate of drug-likeness (QED) is 0.278. The Morgan fingerprint density at radius 2 is 2.12 bits per heavy atom. The van der Waals surface area contributed by atoms with Gasteiger partial charge in [0.1, 0.15) is 5.04 Å². The third kappa shape index (κ3) is 4.63. The first kappa shape index (κ1) is 14.9. The van der Waals surface area contributed by atoms with Gasteiger partial charge in [-0.05, 0) is 18.1 Å². The molecule has 5 heteroatoms. The topological polar surface area (TPSA) is 77.3 Å². The fraction of sp³-hybridized carbons (Fsp3) is 0.455. The molecular weight excluding hydrogens is 220 g/mol. The number of aromatic nitrogens is 1. The van der Waals surface area contributed by atoms with Crippen molar-refractivity contribution in [2.45, 2.75) is 27.2 Å². The van der Waals surface area contributed by atoms with E-state index in [9.17, 15) is 0 Å². The first-order valence-corrected chi connectivity index (χ1v) is 6.36. The number of hydrogen-bond donors (Lipinski definition) is 2. The summed E-state index contributed by atoms with van der Waals surface area (Å²) in [5.74, 6) is 5.68. The third-order valence-electron chi connectivity index (χ3n) is 1.79. The highest BCUT2D eigenvalue weighted by Crippen LogP contribution is 2.10. The Morgan fingerprint density at radius 1 is 1.44 bits per heavy atom. The van der Waals surface area contributed by atoms with E-state index < -0.39 is 0 Å². The van der Waals surface area contributed by atoms with E-state index in [2.05, 4.69) is 17.0 Å². The van der Waals surface area contributed by atoms with Crippen LogP contribution in [0, 0.1) is 0 Å². The molecule has 1 rings (SSSR count). The molecule has 0 aliphatic heterocycles. The van der Waals surface area contributed by atoms with Gasteiger partial charge in [-0.3, -0.25) is 4.98 Å². The molecule has 16 heavy (non-hydrogen) atoms. The summed E-state index contributed by atoms with van der Waals surface area (Å²) in [4.78, 5) is 4.25. The lowest BCUT2D eigenvalue weighted by atomic mass is 10.2. The molecule has 0 amide bonds. The monoisotopic (exact) mass is 240 g/mol. The number of thioether (sulfide) groups is 1. The van der Waals surface area contributed by atoms with Crippen LogP contribution in [0.4, 0.5) is 0 Å². The minimum atomic E-state index is 0.452. The summed E-state index contributed by atoms with van der Waals surface area (Å²) >= 11 is 1.38. The maximum atomic E-state index is 5.40. The second-order valence-corrected chi connectivity index (χ2v) is 3.66. The standard InChI is InChI=1S/C9H14N4S.C2H6/c1-2-7-3-4-8(12-5-7)9(13-11)14-6-10;1-2/h3-5H,2,6,10-11H2,1H3;1-2H3/b13-9-;. The van der Waals surface area contributed by atoms with E-state index in [0.717, 1.165) is 12.1 Å². The Bertz CT molecular complexity index is 308. The predicted octanol–water partition coefficient (Wildman–Crippen LogP) is 1.94. The molecule has 90 valence electrons. The molecular formula is C11H20N4S. The van der Waals surface area contributed by atoms with Gasteiger partial charge in [0.2, 0.25) is 0 Å². The molecule has 0 spiro atoms. The largest absolute Gasteiger partial charge is 0.322 e. The van der Waals surface area contributed by atoms with Gasteiger partial charge in [-0.15, -0.1) is 0 Å². The van der Waals surface area contributed by atoms with Gasteiger partial charge in [0.25, 0.3) is 0 Å². The number of nitrogens with zero attached hydrogens (tertiary/aromatic N) is 2. The third-order valence-corrected chi connectivity index (χ3v) is 2.54. The van der Waals surface area contributed by atoms with Crippen LogP contribution in [0.2, 0.25) is 0 Å². The summed E-state index contributed by atoms with van der Waals surface area (Å²) < 4.78 is 0. The van der Waals surface area contributed by atoms with Crippen LogP contribution in [0.15, 0.2) is 23.4 Å². The Morgan fingerprint density at radius 3 is 2.50 bits per heavy atom. The van der Waals surface area contributed by atoms with Crippen LogP contribution in [0.25, 0.3) is 0 Å². The average molecular weight is 240 g/mol. The van der Waals surface area contributed by atoms with Crippen molar-refractivity contribution < 1.29 is 0 Å². The molecule has 0 fully saturated rings. The first-order valence-electron chi connectivity index (χ1n) is 5.37. The zero-order valence-electron chi connectivity index (χ0n) is 10.1. The van der Waals surface area contributed by atoms with E-state index in [1.54, 1.807) is 0 Å². The number of nitrogens with two attached hydrogens (primary N) is 2. The predicted molar refractivity (Wildman–Crippen MR) is 72.3 cm³/mol. The lowest BCUT2D eigenvalue weighted by Gasteiger charge is -2.02. The van der Waals surface area contributed by atoms with Gasteiger partial charge in [0.15, 0.2) is 0 Å². The minimum absolute atomic E-state index is 0.452. The Balaban J connectivity index is 0.00000106. The van der Waals surface area contributed by atoms with Gasteiger partial charge in [0, 0.05) is 12.1 Å². The van der Waals surface area contributed by atoms with Crippen LogP contribution in [0.1, 0.15) is 32.0 Å². The Labute approximate surface area is 102 Å². The second kappa shape index (κ2) is 9.18. The summed E-state index contributed by atoms with van der Waals surface area (Å²) in [7, 11) is 0. The molecule has 1 aromatic heterocycles. The van der Waals surface area contributed by atoms with E-state index in [0.29, 0.717) is 10.9 Å². The summed E-state index contributed by atoms with van der Waals surface area (Å²) in [6.07, 6.45) is 2.81. The maximum absolute atomic E-state index is 5.40. The summed E-state index contributed by atoms with van der Waals surface area (Å²) in [5.41, 5.74) is 7.37. The average Bonchev–Trinajstić information content (AvgIpc) is 2.38. The van der Waals surface area contributed by atoms with Crippen LogP contribution in [0.3, 0.4) is 0 Å². The van der Waals surface area contributed by atoms with Crippen molar-refractivity contribution in [2.24, 2.45) is 16.7 Å². The van der Waals surface area contributed by atoms with E-state index >= 15 is 0 Å². The van der Waals surface area contributed by atoms with Crippen molar-refractivity contribution in [2.75, 3.05) is 5.88 Å². The molecule has 4 N–H and O–H groups in total. The Hall–Kier alpha value is -1.07. The highest BCUT2D eigenvalue weighted by atomic mass is 32.2. The fourth-order valence-electron chi connectivity index (χ4n) is 1.02. The highest BCUT2D eigenvalue weighted by Gasteiger charge is 2.04. The minimum Gasteiger partial charge on any atom is -0.322 e.